The Morgan fingerprint density at radius 1 is 1.12 bits per heavy atom. The fourth-order valence-corrected chi connectivity index (χ4v) is 2.09. The van der Waals surface area contributed by atoms with Crippen LogP contribution in [0.25, 0.3) is 0 Å². The van der Waals surface area contributed by atoms with Gasteiger partial charge in [-0.05, 0) is 40.0 Å². The average molecular weight is 290 g/mol. The van der Waals surface area contributed by atoms with Crippen LogP contribution in [0.5, 0.6) is 0 Å². The smallest absolute Gasteiger partial charge is 0.182 e. The number of hydrogen-bond acceptors (Lipinski definition) is 2. The molecule has 0 saturated heterocycles. The largest absolute Gasteiger partial charge is 0.292 e. The maximum Gasteiger partial charge on any atom is 0.182 e. The zero-order valence-corrected chi connectivity index (χ0v) is 10.9. The van der Waals surface area contributed by atoms with Gasteiger partial charge in [0.25, 0.3) is 0 Å². The van der Waals surface area contributed by atoms with Crippen molar-refractivity contribution in [3.63, 3.8) is 0 Å². The van der Waals surface area contributed by atoms with Gasteiger partial charge in [0.05, 0.1) is 0 Å². The van der Waals surface area contributed by atoms with Gasteiger partial charge in [-0.3, -0.25) is 9.78 Å². The van der Waals surface area contributed by atoms with Crippen LogP contribution in [-0.4, -0.2) is 10.8 Å². The molecule has 0 aliphatic rings. The van der Waals surface area contributed by atoms with Crippen molar-refractivity contribution in [3.05, 3.63) is 64.4 Å². The van der Waals surface area contributed by atoms with Crippen molar-refractivity contribution >= 4 is 21.7 Å². The number of benzene rings is 1. The summed E-state index contributed by atoms with van der Waals surface area (Å²) in [7, 11) is 0. The maximum atomic E-state index is 11.9. The number of hydrogen-bond donors (Lipinski definition) is 0. The lowest BCUT2D eigenvalue weighted by atomic mass is 10.1. The van der Waals surface area contributed by atoms with Crippen molar-refractivity contribution in [2.24, 2.45) is 0 Å². The van der Waals surface area contributed by atoms with Crippen LogP contribution in [0, 0.1) is 0 Å². The zero-order valence-electron chi connectivity index (χ0n) is 9.27. The summed E-state index contributed by atoms with van der Waals surface area (Å²) in [6.45, 7) is 0. The number of carbonyl (C=O) groups excluding carboxylic acids is 1. The summed E-state index contributed by atoms with van der Waals surface area (Å²) >= 11 is 3.34. The van der Waals surface area contributed by atoms with E-state index in [0.717, 1.165) is 10.9 Å². The van der Waals surface area contributed by atoms with E-state index in [1.165, 1.54) is 5.56 Å². The molecule has 0 aliphatic heterocycles. The number of aryl methyl sites for hydroxylation is 1. The Morgan fingerprint density at radius 2 is 1.88 bits per heavy atom. The molecule has 0 fully saturated rings. The van der Waals surface area contributed by atoms with Crippen molar-refractivity contribution in [3.8, 4) is 0 Å². The van der Waals surface area contributed by atoms with E-state index in [-0.39, 0.29) is 5.78 Å². The van der Waals surface area contributed by atoms with E-state index in [4.69, 9.17) is 0 Å². The second kappa shape index (κ2) is 5.73. The SMILES string of the molecule is O=C(CCc1ccccc1)c1ncccc1Br. The van der Waals surface area contributed by atoms with Crippen LogP contribution in [0.1, 0.15) is 22.5 Å². The Balaban J connectivity index is 2.01. The number of rotatable bonds is 4. The standard InChI is InChI=1S/C14H12BrNO/c15-12-7-4-10-16-14(12)13(17)9-8-11-5-2-1-3-6-11/h1-7,10H,8-9H2. The van der Waals surface area contributed by atoms with Crippen molar-refractivity contribution in [1.29, 1.82) is 0 Å². The highest BCUT2D eigenvalue weighted by atomic mass is 79.9. The van der Waals surface area contributed by atoms with E-state index in [2.05, 4.69) is 20.9 Å². The van der Waals surface area contributed by atoms with E-state index < -0.39 is 0 Å². The van der Waals surface area contributed by atoms with Gasteiger partial charge in [-0.15, -0.1) is 0 Å². The van der Waals surface area contributed by atoms with Crippen LogP contribution in [0.3, 0.4) is 0 Å². The highest BCUT2D eigenvalue weighted by molar-refractivity contribution is 9.10. The average Bonchev–Trinajstić information content (AvgIpc) is 2.38. The molecule has 3 heteroatoms. The molecule has 0 bridgehead atoms. The molecule has 86 valence electrons. The first-order valence-corrected chi connectivity index (χ1v) is 6.24. The monoisotopic (exact) mass is 289 g/mol. The quantitative estimate of drug-likeness (QED) is 0.804. The lowest BCUT2D eigenvalue weighted by molar-refractivity contribution is 0.0977. The molecule has 2 aromatic rings. The first kappa shape index (κ1) is 12.0. The van der Waals surface area contributed by atoms with Crippen LogP contribution >= 0.6 is 15.9 Å². The van der Waals surface area contributed by atoms with Crippen molar-refractivity contribution < 1.29 is 4.79 Å². The molecule has 0 unspecified atom stereocenters. The van der Waals surface area contributed by atoms with Gasteiger partial charge in [-0.2, -0.15) is 0 Å². The Bertz CT molecular complexity index is 511. The number of halogens is 1. The maximum absolute atomic E-state index is 11.9. The molecular formula is C14H12BrNO. The number of carbonyl (C=O) groups is 1. The number of nitrogens with zero attached hydrogens (tertiary/aromatic N) is 1. The van der Waals surface area contributed by atoms with E-state index in [1.807, 2.05) is 36.4 Å². The fraction of sp³-hybridized carbons (Fsp3) is 0.143. The topological polar surface area (TPSA) is 30.0 Å². The normalized spacial score (nSPS) is 10.2. The molecule has 0 radical (unpaired) electrons. The van der Waals surface area contributed by atoms with Crippen LogP contribution in [0.15, 0.2) is 53.1 Å². The van der Waals surface area contributed by atoms with E-state index >= 15 is 0 Å². The molecule has 17 heavy (non-hydrogen) atoms. The number of Topliss-reactive ketones (excluding diaryl/α,β-unsaturated/α-hetero) is 1. The van der Waals surface area contributed by atoms with Gasteiger partial charge in [0.1, 0.15) is 5.69 Å². The zero-order chi connectivity index (χ0) is 12.1. The lowest BCUT2D eigenvalue weighted by Crippen LogP contribution is -2.04. The summed E-state index contributed by atoms with van der Waals surface area (Å²) in [6, 6.07) is 13.6. The van der Waals surface area contributed by atoms with Crippen molar-refractivity contribution in [1.82, 2.24) is 4.98 Å². The lowest BCUT2D eigenvalue weighted by Gasteiger charge is -2.02. The highest BCUT2D eigenvalue weighted by Crippen LogP contribution is 2.16. The van der Waals surface area contributed by atoms with E-state index in [0.29, 0.717) is 12.1 Å². The Morgan fingerprint density at radius 3 is 2.59 bits per heavy atom. The van der Waals surface area contributed by atoms with Crippen molar-refractivity contribution in [2.75, 3.05) is 0 Å². The highest BCUT2D eigenvalue weighted by Gasteiger charge is 2.10. The minimum atomic E-state index is 0.0707. The molecule has 0 aliphatic carbocycles. The van der Waals surface area contributed by atoms with Gasteiger partial charge in [0.2, 0.25) is 0 Å². The molecule has 1 aromatic carbocycles. The van der Waals surface area contributed by atoms with E-state index in [9.17, 15) is 4.79 Å². The third-order valence-electron chi connectivity index (χ3n) is 2.51. The fourth-order valence-electron chi connectivity index (χ4n) is 1.61. The first-order valence-electron chi connectivity index (χ1n) is 5.45. The molecule has 1 heterocycles. The van der Waals surface area contributed by atoms with Crippen LogP contribution in [0.4, 0.5) is 0 Å². The summed E-state index contributed by atoms with van der Waals surface area (Å²) in [5.41, 5.74) is 1.69. The molecule has 2 rings (SSSR count). The van der Waals surface area contributed by atoms with Crippen molar-refractivity contribution in [2.45, 2.75) is 12.8 Å². The van der Waals surface area contributed by atoms with Gasteiger partial charge >= 0.3 is 0 Å². The molecule has 0 amide bonds. The summed E-state index contributed by atoms with van der Waals surface area (Å²) in [5, 5.41) is 0. The minimum absolute atomic E-state index is 0.0707. The molecule has 0 atom stereocenters. The molecule has 0 saturated carbocycles. The van der Waals surface area contributed by atoms with Crippen LogP contribution in [-0.2, 0) is 6.42 Å². The number of aromatic nitrogens is 1. The summed E-state index contributed by atoms with van der Waals surface area (Å²) < 4.78 is 0.762. The summed E-state index contributed by atoms with van der Waals surface area (Å²) in [5.74, 6) is 0.0707. The molecule has 0 N–H and O–H groups in total. The predicted molar refractivity (Wildman–Crippen MR) is 71.0 cm³/mol. The van der Waals surface area contributed by atoms with Gasteiger partial charge in [0.15, 0.2) is 5.78 Å². The third kappa shape index (κ3) is 3.24. The van der Waals surface area contributed by atoms with Crippen LogP contribution < -0.4 is 0 Å². The Labute approximate surface area is 109 Å². The van der Waals surface area contributed by atoms with Gasteiger partial charge in [-0.1, -0.05) is 30.3 Å². The second-order valence-corrected chi connectivity index (χ2v) is 4.60. The third-order valence-corrected chi connectivity index (χ3v) is 3.15. The molecular weight excluding hydrogens is 278 g/mol. The minimum Gasteiger partial charge on any atom is -0.292 e. The van der Waals surface area contributed by atoms with Gasteiger partial charge in [0, 0.05) is 17.1 Å². The first-order chi connectivity index (χ1) is 8.27. The molecule has 2 nitrogen and oxygen atoms in total. The van der Waals surface area contributed by atoms with Crippen LogP contribution in [0.2, 0.25) is 0 Å². The summed E-state index contributed by atoms with van der Waals surface area (Å²) in [4.78, 5) is 16.0. The number of pyridine rings is 1. The molecule has 0 spiro atoms. The Hall–Kier alpha value is -1.48. The van der Waals surface area contributed by atoms with E-state index in [1.54, 1.807) is 12.3 Å². The van der Waals surface area contributed by atoms with Gasteiger partial charge < -0.3 is 0 Å². The van der Waals surface area contributed by atoms with Gasteiger partial charge in [-0.25, -0.2) is 0 Å². The number of ketones is 1. The predicted octanol–water partition coefficient (Wildman–Crippen LogP) is 3.66. The Kier molecular flexibility index (Phi) is 4.04. The summed E-state index contributed by atoms with van der Waals surface area (Å²) in [6.07, 6.45) is 2.88. The second-order valence-electron chi connectivity index (χ2n) is 3.74. The molecule has 1 aromatic heterocycles.